The summed E-state index contributed by atoms with van der Waals surface area (Å²) in [7, 11) is -3.71. The first-order valence-corrected chi connectivity index (χ1v) is 11.9. The maximum Gasteiger partial charge on any atom is 0.243 e. The summed E-state index contributed by atoms with van der Waals surface area (Å²) >= 11 is 6.07. The normalized spacial score (nSPS) is 12.4. The van der Waals surface area contributed by atoms with Gasteiger partial charge in [-0.2, -0.15) is 0 Å². The number of halogens is 1. The molecule has 2 aromatic carbocycles. The lowest BCUT2D eigenvalue weighted by Crippen LogP contribution is -2.48. The van der Waals surface area contributed by atoms with Gasteiger partial charge in [0.1, 0.15) is 11.9 Å². The lowest BCUT2D eigenvalue weighted by molar-refractivity contribution is -0.122. The summed E-state index contributed by atoms with van der Waals surface area (Å²) < 4.78 is 28.0. The van der Waals surface area contributed by atoms with Gasteiger partial charge in [-0.25, -0.2) is 13.4 Å². The van der Waals surface area contributed by atoms with Gasteiger partial charge in [-0.05, 0) is 56.2 Å². The number of hydrogen-bond donors (Lipinski definition) is 1. The van der Waals surface area contributed by atoms with Crippen molar-refractivity contribution in [2.45, 2.75) is 33.4 Å². The molecule has 1 aromatic heterocycles. The van der Waals surface area contributed by atoms with E-state index in [9.17, 15) is 13.2 Å². The molecule has 0 saturated carbocycles. The molecule has 0 radical (unpaired) electrons. The minimum Gasteiger partial charge on any atom is -0.350 e. The van der Waals surface area contributed by atoms with Crippen molar-refractivity contribution in [3.8, 4) is 5.69 Å². The lowest BCUT2D eigenvalue weighted by Gasteiger charge is -2.29. The van der Waals surface area contributed by atoms with Crippen LogP contribution in [-0.4, -0.2) is 36.2 Å². The fourth-order valence-corrected chi connectivity index (χ4v) is 4.75. The number of sulfonamides is 1. The van der Waals surface area contributed by atoms with Crippen molar-refractivity contribution < 1.29 is 13.2 Å². The van der Waals surface area contributed by atoms with Gasteiger partial charge in [0.05, 0.1) is 11.9 Å². The third-order valence-corrected chi connectivity index (χ3v) is 6.47. The number of aryl methyl sites for hydroxylation is 2. The molecule has 164 valence electrons. The van der Waals surface area contributed by atoms with E-state index in [1.807, 2.05) is 42.0 Å². The summed E-state index contributed by atoms with van der Waals surface area (Å²) in [5.74, 6) is 0.478. The molecular weight excluding hydrogens is 436 g/mol. The Balaban J connectivity index is 1.74. The molecule has 0 spiro atoms. The Hall–Kier alpha value is -2.84. The molecule has 1 atom stereocenters. The summed E-state index contributed by atoms with van der Waals surface area (Å²) in [4.78, 5) is 17.0. The van der Waals surface area contributed by atoms with Gasteiger partial charge in [0, 0.05) is 29.6 Å². The second-order valence-corrected chi connectivity index (χ2v) is 9.69. The van der Waals surface area contributed by atoms with E-state index in [2.05, 4.69) is 10.3 Å². The van der Waals surface area contributed by atoms with Crippen LogP contribution in [0.15, 0.2) is 54.9 Å². The van der Waals surface area contributed by atoms with Crippen molar-refractivity contribution in [3.63, 3.8) is 0 Å². The highest BCUT2D eigenvalue weighted by atomic mass is 35.5. The Kier molecular flexibility index (Phi) is 6.71. The molecule has 1 amide bonds. The number of nitrogens with one attached hydrogen (secondary N) is 1. The van der Waals surface area contributed by atoms with E-state index in [-0.39, 0.29) is 6.54 Å². The van der Waals surface area contributed by atoms with E-state index in [4.69, 9.17) is 11.6 Å². The highest BCUT2D eigenvalue weighted by molar-refractivity contribution is 7.92. The highest BCUT2D eigenvalue weighted by Crippen LogP contribution is 2.28. The molecule has 0 aliphatic carbocycles. The number of carbonyl (C=O) groups excluding carboxylic acids is 1. The Morgan fingerprint density at radius 2 is 1.87 bits per heavy atom. The quantitative estimate of drug-likeness (QED) is 0.583. The molecule has 3 rings (SSSR count). The largest absolute Gasteiger partial charge is 0.350 e. The number of hydrogen-bond acceptors (Lipinski definition) is 4. The number of rotatable bonds is 7. The fraction of sp³-hybridized carbons (Fsp3) is 0.273. The maximum atomic E-state index is 12.8. The Bertz CT molecular complexity index is 1190. The standard InChI is InChI=1S/C22H25ClN4O3S/c1-15-5-8-19(23)13-21(15)27(31(4,29)30)16(2)22(28)25-14-18-6-9-20(10-7-18)26-12-11-24-17(26)3/h5-13,16H,14H2,1-4H3,(H,25,28)/t16-/m0/s1. The third kappa shape index (κ3) is 5.26. The average Bonchev–Trinajstić information content (AvgIpc) is 3.14. The summed E-state index contributed by atoms with van der Waals surface area (Å²) in [5.41, 5.74) is 2.96. The van der Waals surface area contributed by atoms with Gasteiger partial charge in [-0.3, -0.25) is 9.10 Å². The van der Waals surface area contributed by atoms with Gasteiger partial charge in [0.2, 0.25) is 15.9 Å². The molecule has 0 saturated heterocycles. The Morgan fingerprint density at radius 1 is 1.19 bits per heavy atom. The Labute approximate surface area is 187 Å². The van der Waals surface area contributed by atoms with Crippen molar-refractivity contribution in [2.75, 3.05) is 10.6 Å². The number of anilines is 1. The zero-order valence-electron chi connectivity index (χ0n) is 17.8. The van der Waals surface area contributed by atoms with E-state index in [1.165, 1.54) is 0 Å². The van der Waals surface area contributed by atoms with Crippen molar-refractivity contribution in [2.24, 2.45) is 0 Å². The topological polar surface area (TPSA) is 84.3 Å². The smallest absolute Gasteiger partial charge is 0.243 e. The predicted octanol–water partition coefficient (Wildman–Crippen LogP) is 3.61. The number of aromatic nitrogens is 2. The highest BCUT2D eigenvalue weighted by Gasteiger charge is 2.30. The molecule has 0 bridgehead atoms. The van der Waals surface area contributed by atoms with Gasteiger partial charge in [-0.15, -0.1) is 0 Å². The SMILES string of the molecule is Cc1ccc(Cl)cc1N([C@@H](C)C(=O)NCc1ccc(-n2ccnc2C)cc1)S(C)(=O)=O. The molecule has 0 aliphatic heterocycles. The first kappa shape index (κ1) is 22.8. The molecule has 0 aliphatic rings. The van der Waals surface area contributed by atoms with Crippen LogP contribution in [0.4, 0.5) is 5.69 Å². The van der Waals surface area contributed by atoms with Crippen molar-refractivity contribution in [1.29, 1.82) is 0 Å². The van der Waals surface area contributed by atoms with Crippen molar-refractivity contribution in [3.05, 3.63) is 76.8 Å². The second kappa shape index (κ2) is 9.11. The van der Waals surface area contributed by atoms with Gasteiger partial charge in [0.15, 0.2) is 0 Å². The van der Waals surface area contributed by atoms with Crippen molar-refractivity contribution in [1.82, 2.24) is 14.9 Å². The van der Waals surface area contributed by atoms with Crippen molar-refractivity contribution >= 4 is 33.2 Å². The summed E-state index contributed by atoms with van der Waals surface area (Å²) in [6.45, 7) is 5.53. The number of nitrogens with zero attached hydrogens (tertiary/aromatic N) is 3. The van der Waals surface area contributed by atoms with Gasteiger partial charge in [-0.1, -0.05) is 29.8 Å². The first-order chi connectivity index (χ1) is 14.6. The summed E-state index contributed by atoms with van der Waals surface area (Å²) in [6.07, 6.45) is 4.69. The van der Waals surface area contributed by atoms with Crippen LogP contribution < -0.4 is 9.62 Å². The molecule has 0 fully saturated rings. The monoisotopic (exact) mass is 460 g/mol. The van der Waals surface area contributed by atoms with Gasteiger partial charge in [0.25, 0.3) is 0 Å². The van der Waals surface area contributed by atoms with E-state index in [0.717, 1.165) is 27.6 Å². The van der Waals surface area contributed by atoms with Crippen LogP contribution in [0.2, 0.25) is 5.02 Å². The van der Waals surface area contributed by atoms with E-state index in [1.54, 1.807) is 38.2 Å². The van der Waals surface area contributed by atoms with Crippen LogP contribution in [0.5, 0.6) is 0 Å². The molecule has 1 N–H and O–H groups in total. The number of imidazole rings is 1. The molecule has 1 heterocycles. The van der Waals surface area contributed by atoms with Gasteiger partial charge >= 0.3 is 0 Å². The van der Waals surface area contributed by atoms with Crippen LogP contribution in [0, 0.1) is 13.8 Å². The van der Waals surface area contributed by atoms with Crippen LogP contribution in [0.1, 0.15) is 23.9 Å². The van der Waals surface area contributed by atoms with E-state index < -0.39 is 22.0 Å². The second-order valence-electron chi connectivity index (χ2n) is 7.39. The average molecular weight is 461 g/mol. The van der Waals surface area contributed by atoms with E-state index in [0.29, 0.717) is 16.3 Å². The minimum atomic E-state index is -3.71. The predicted molar refractivity (Wildman–Crippen MR) is 123 cm³/mol. The van der Waals surface area contributed by atoms with Crippen LogP contribution in [-0.2, 0) is 21.4 Å². The Morgan fingerprint density at radius 3 is 2.45 bits per heavy atom. The van der Waals surface area contributed by atoms with Crippen LogP contribution >= 0.6 is 11.6 Å². The summed E-state index contributed by atoms with van der Waals surface area (Å²) in [6, 6.07) is 11.7. The lowest BCUT2D eigenvalue weighted by atomic mass is 10.1. The molecular formula is C22H25ClN4O3S. The molecule has 3 aromatic rings. The third-order valence-electron chi connectivity index (χ3n) is 5.00. The fourth-order valence-electron chi connectivity index (χ4n) is 3.36. The van der Waals surface area contributed by atoms with Crippen LogP contribution in [0.25, 0.3) is 5.69 Å². The van der Waals surface area contributed by atoms with E-state index >= 15 is 0 Å². The van der Waals surface area contributed by atoms with Crippen LogP contribution in [0.3, 0.4) is 0 Å². The minimum absolute atomic E-state index is 0.276. The first-order valence-electron chi connectivity index (χ1n) is 9.70. The molecule has 31 heavy (non-hydrogen) atoms. The number of benzene rings is 2. The number of carbonyl (C=O) groups is 1. The zero-order chi connectivity index (χ0) is 22.8. The maximum absolute atomic E-state index is 12.8. The van der Waals surface area contributed by atoms with Gasteiger partial charge < -0.3 is 9.88 Å². The summed E-state index contributed by atoms with van der Waals surface area (Å²) in [5, 5.41) is 3.22. The molecule has 0 unspecified atom stereocenters. The number of amides is 1. The molecule has 9 heteroatoms. The molecule has 7 nitrogen and oxygen atoms in total. The zero-order valence-corrected chi connectivity index (χ0v) is 19.4.